The summed E-state index contributed by atoms with van der Waals surface area (Å²) >= 11 is 0. The van der Waals surface area contributed by atoms with Crippen molar-refractivity contribution in [1.82, 2.24) is 9.78 Å². The fourth-order valence-electron chi connectivity index (χ4n) is 2.84. The Morgan fingerprint density at radius 1 is 1.20 bits per heavy atom. The molecular formula is C17H15F4N3O. The zero-order valence-corrected chi connectivity index (χ0v) is 13.3. The van der Waals surface area contributed by atoms with E-state index in [1.807, 2.05) is 6.08 Å². The second-order valence-corrected chi connectivity index (χ2v) is 6.24. The van der Waals surface area contributed by atoms with Crippen molar-refractivity contribution >= 4 is 5.69 Å². The molecule has 25 heavy (non-hydrogen) atoms. The number of hydrogen-bond acceptors (Lipinski definition) is 3. The van der Waals surface area contributed by atoms with Gasteiger partial charge < -0.3 is 4.84 Å². The van der Waals surface area contributed by atoms with Crippen LogP contribution in [-0.4, -0.2) is 16.3 Å². The topological polar surface area (TPSA) is 30.3 Å². The van der Waals surface area contributed by atoms with Crippen molar-refractivity contribution in [3.8, 4) is 5.69 Å². The predicted octanol–water partition coefficient (Wildman–Crippen LogP) is 4.56. The first kappa shape index (κ1) is 16.0. The quantitative estimate of drug-likeness (QED) is 0.758. The molecule has 4 nitrogen and oxygen atoms in total. The lowest BCUT2D eigenvalue weighted by Gasteiger charge is -2.18. The van der Waals surface area contributed by atoms with Crippen LogP contribution in [0.2, 0.25) is 0 Å². The Labute approximate surface area is 141 Å². The summed E-state index contributed by atoms with van der Waals surface area (Å²) in [5.74, 6) is 0.0585. The standard InChI is InChI=1S/C17H15F4N3O/c1-10-6-7-23(25-10)12-4-5-14(13(18)8-12)24-15(11-2-3-11)9-16(22-24)17(19,20)21/h4-6,8-9,11H,2-3,7H2,1H3. The number of benzene rings is 1. The molecule has 2 aromatic rings. The third kappa shape index (κ3) is 2.96. The monoisotopic (exact) mass is 353 g/mol. The van der Waals surface area contributed by atoms with Gasteiger partial charge in [-0.3, -0.25) is 0 Å². The Kier molecular flexibility index (Phi) is 3.52. The highest BCUT2D eigenvalue weighted by Gasteiger charge is 2.38. The minimum absolute atomic E-state index is 0.00329. The van der Waals surface area contributed by atoms with Crippen molar-refractivity contribution in [3.05, 3.63) is 53.3 Å². The normalized spacial score (nSPS) is 17.6. The molecular weight excluding hydrogens is 338 g/mol. The molecule has 2 heterocycles. The van der Waals surface area contributed by atoms with E-state index in [1.54, 1.807) is 13.0 Å². The van der Waals surface area contributed by atoms with Crippen LogP contribution < -0.4 is 5.06 Å². The summed E-state index contributed by atoms with van der Waals surface area (Å²) in [5.41, 5.74) is -0.106. The highest BCUT2D eigenvalue weighted by Crippen LogP contribution is 2.43. The van der Waals surface area contributed by atoms with Gasteiger partial charge in [-0.1, -0.05) is 0 Å². The van der Waals surface area contributed by atoms with Crippen LogP contribution in [0, 0.1) is 5.82 Å². The maximum absolute atomic E-state index is 14.6. The molecule has 8 heteroatoms. The Bertz CT molecular complexity index is 852. The molecule has 0 spiro atoms. The molecule has 2 aliphatic rings. The molecule has 1 aliphatic carbocycles. The van der Waals surface area contributed by atoms with Gasteiger partial charge in [0.25, 0.3) is 0 Å². The van der Waals surface area contributed by atoms with Gasteiger partial charge in [0.1, 0.15) is 11.4 Å². The van der Waals surface area contributed by atoms with E-state index in [4.69, 9.17) is 4.84 Å². The number of aromatic nitrogens is 2. The Morgan fingerprint density at radius 3 is 2.52 bits per heavy atom. The predicted molar refractivity (Wildman–Crippen MR) is 82.7 cm³/mol. The first-order chi connectivity index (χ1) is 11.8. The average Bonchev–Trinajstić information content (AvgIpc) is 3.12. The van der Waals surface area contributed by atoms with Gasteiger partial charge in [-0.15, -0.1) is 0 Å². The molecule has 0 amide bonds. The first-order valence-corrected chi connectivity index (χ1v) is 7.92. The Morgan fingerprint density at radius 2 is 1.96 bits per heavy atom. The van der Waals surface area contributed by atoms with Crippen molar-refractivity contribution in [2.45, 2.75) is 31.9 Å². The van der Waals surface area contributed by atoms with Crippen molar-refractivity contribution in [3.63, 3.8) is 0 Å². The zero-order valence-electron chi connectivity index (χ0n) is 13.3. The summed E-state index contributed by atoms with van der Waals surface area (Å²) in [7, 11) is 0. The minimum atomic E-state index is -4.56. The molecule has 0 bridgehead atoms. The number of halogens is 4. The molecule has 0 unspecified atom stereocenters. The molecule has 1 fully saturated rings. The van der Waals surface area contributed by atoms with Crippen molar-refractivity contribution in [2.24, 2.45) is 0 Å². The lowest BCUT2D eigenvalue weighted by Crippen LogP contribution is -2.17. The van der Waals surface area contributed by atoms with Crippen LogP contribution in [0.4, 0.5) is 23.2 Å². The average molecular weight is 353 g/mol. The van der Waals surface area contributed by atoms with E-state index in [0.717, 1.165) is 23.6 Å². The number of alkyl halides is 3. The van der Waals surface area contributed by atoms with Gasteiger partial charge in [0.05, 0.1) is 12.2 Å². The van der Waals surface area contributed by atoms with Crippen LogP contribution in [0.1, 0.15) is 37.1 Å². The van der Waals surface area contributed by atoms with Crippen LogP contribution in [0.5, 0.6) is 0 Å². The Balaban J connectivity index is 1.71. The summed E-state index contributed by atoms with van der Waals surface area (Å²) in [6.45, 7) is 2.27. The maximum Gasteiger partial charge on any atom is 0.435 e. The highest BCUT2D eigenvalue weighted by molar-refractivity contribution is 5.52. The van der Waals surface area contributed by atoms with Crippen molar-refractivity contribution < 1.29 is 22.4 Å². The Hall–Kier alpha value is -2.51. The summed E-state index contributed by atoms with van der Waals surface area (Å²) in [6.07, 6.45) is -1.14. The summed E-state index contributed by atoms with van der Waals surface area (Å²) in [5, 5.41) is 5.12. The van der Waals surface area contributed by atoms with Gasteiger partial charge in [0.2, 0.25) is 0 Å². The van der Waals surface area contributed by atoms with E-state index in [1.165, 1.54) is 17.2 Å². The highest BCUT2D eigenvalue weighted by atomic mass is 19.4. The molecule has 0 N–H and O–H groups in total. The van der Waals surface area contributed by atoms with Crippen molar-refractivity contribution in [1.29, 1.82) is 0 Å². The van der Waals surface area contributed by atoms with E-state index >= 15 is 0 Å². The van der Waals surface area contributed by atoms with Gasteiger partial charge in [-0.05, 0) is 44.0 Å². The van der Waals surface area contributed by atoms with E-state index in [0.29, 0.717) is 23.7 Å². The molecule has 0 radical (unpaired) electrons. The molecule has 0 atom stereocenters. The number of hydroxylamine groups is 1. The first-order valence-electron chi connectivity index (χ1n) is 7.92. The van der Waals surface area contributed by atoms with Crippen LogP contribution in [0.15, 0.2) is 36.1 Å². The van der Waals surface area contributed by atoms with Crippen molar-refractivity contribution in [2.75, 3.05) is 11.6 Å². The number of nitrogens with zero attached hydrogens (tertiary/aromatic N) is 3. The summed E-state index contributed by atoms with van der Waals surface area (Å²) in [4.78, 5) is 5.43. The molecule has 1 aliphatic heterocycles. The third-order valence-electron chi connectivity index (χ3n) is 4.27. The summed E-state index contributed by atoms with van der Waals surface area (Å²) < 4.78 is 54.7. The second-order valence-electron chi connectivity index (χ2n) is 6.24. The van der Waals surface area contributed by atoms with Crippen LogP contribution in [0.3, 0.4) is 0 Å². The van der Waals surface area contributed by atoms with Crippen LogP contribution in [0.25, 0.3) is 5.69 Å². The van der Waals surface area contributed by atoms with E-state index in [2.05, 4.69) is 5.10 Å². The van der Waals surface area contributed by atoms with Crippen LogP contribution in [-0.2, 0) is 11.0 Å². The fraction of sp³-hybridized carbons (Fsp3) is 0.353. The molecule has 132 valence electrons. The molecule has 1 saturated carbocycles. The summed E-state index contributed by atoms with van der Waals surface area (Å²) in [6, 6.07) is 5.30. The maximum atomic E-state index is 14.6. The zero-order chi connectivity index (χ0) is 17.8. The molecule has 4 rings (SSSR count). The van der Waals surface area contributed by atoms with Gasteiger partial charge in [0.15, 0.2) is 11.5 Å². The van der Waals surface area contributed by atoms with Crippen LogP contribution >= 0.6 is 0 Å². The SMILES string of the molecule is CC1=CCN(c2ccc(-n3nc(C(F)(F)F)cc3C3CC3)c(F)c2)O1. The van der Waals surface area contributed by atoms with E-state index < -0.39 is 17.7 Å². The van der Waals surface area contributed by atoms with E-state index in [-0.39, 0.29) is 11.6 Å². The number of allylic oxidation sites excluding steroid dienone is 1. The van der Waals surface area contributed by atoms with Gasteiger partial charge >= 0.3 is 6.18 Å². The van der Waals surface area contributed by atoms with E-state index in [9.17, 15) is 17.6 Å². The van der Waals surface area contributed by atoms with Gasteiger partial charge in [0, 0.05) is 17.7 Å². The molecule has 0 saturated heterocycles. The second kappa shape index (κ2) is 5.50. The largest absolute Gasteiger partial charge is 0.435 e. The third-order valence-corrected chi connectivity index (χ3v) is 4.27. The lowest BCUT2D eigenvalue weighted by molar-refractivity contribution is -0.141. The number of hydrogen-bond donors (Lipinski definition) is 0. The minimum Gasteiger partial charge on any atom is -0.384 e. The number of anilines is 1. The fourth-order valence-corrected chi connectivity index (χ4v) is 2.84. The van der Waals surface area contributed by atoms with Gasteiger partial charge in [-0.2, -0.15) is 18.3 Å². The lowest BCUT2D eigenvalue weighted by atomic mass is 10.2. The van der Waals surface area contributed by atoms with Gasteiger partial charge in [-0.25, -0.2) is 14.1 Å². The molecule has 1 aromatic heterocycles. The molecule has 1 aromatic carbocycles. The smallest absolute Gasteiger partial charge is 0.384 e. The number of rotatable bonds is 3.